The molecule has 0 aromatic carbocycles. The van der Waals surface area contributed by atoms with E-state index in [0.29, 0.717) is 43.0 Å². The van der Waals surface area contributed by atoms with Crippen LogP contribution in [0.2, 0.25) is 0 Å². The number of piperidine rings is 1. The number of nitrogens with one attached hydrogen (secondary N) is 1. The third kappa shape index (κ3) is 6.09. The molecule has 1 N–H and O–H groups in total. The summed E-state index contributed by atoms with van der Waals surface area (Å²) in [5.41, 5.74) is 1.08. The molecule has 1 saturated carbocycles. The number of anilines is 1. The van der Waals surface area contributed by atoms with Crippen LogP contribution >= 0.6 is 12.3 Å². The van der Waals surface area contributed by atoms with Crippen molar-refractivity contribution in [3.05, 3.63) is 18.1 Å². The van der Waals surface area contributed by atoms with Crippen molar-refractivity contribution in [3.63, 3.8) is 0 Å². The van der Waals surface area contributed by atoms with Gasteiger partial charge in [-0.1, -0.05) is 13.8 Å². The average Bonchev–Trinajstić information content (AvgIpc) is 3.44. The highest BCUT2D eigenvalue weighted by molar-refractivity contribution is 7.92. The number of hydrogen-bond acceptors (Lipinski definition) is 7. The van der Waals surface area contributed by atoms with E-state index in [1.54, 1.807) is 12.0 Å². The average molecular weight is 482 g/mol. The predicted octanol–water partition coefficient (Wildman–Crippen LogP) is 5.40. The van der Waals surface area contributed by atoms with Gasteiger partial charge in [0.15, 0.2) is 18.0 Å². The van der Waals surface area contributed by atoms with Crippen LogP contribution in [0.1, 0.15) is 65.4 Å². The molecule has 0 spiro atoms. The van der Waals surface area contributed by atoms with Crippen molar-refractivity contribution in [1.29, 1.82) is 0 Å². The highest BCUT2D eigenvalue weighted by Gasteiger charge is 2.41. The van der Waals surface area contributed by atoms with E-state index >= 15 is 0 Å². The summed E-state index contributed by atoms with van der Waals surface area (Å²) in [6.07, 6.45) is 5.77. The van der Waals surface area contributed by atoms with Crippen molar-refractivity contribution in [2.24, 2.45) is 5.92 Å². The minimum Gasteiger partial charge on any atom is -0.444 e. The van der Waals surface area contributed by atoms with Crippen molar-refractivity contribution in [2.75, 3.05) is 32.1 Å². The molecule has 2 fully saturated rings. The Kier molecular flexibility index (Phi) is 8.44. The Bertz CT molecular complexity index is 948. The second kappa shape index (κ2) is 10.9. The molecule has 2 aliphatic rings. The Morgan fingerprint density at radius 1 is 1.33 bits per heavy atom. The van der Waals surface area contributed by atoms with Crippen LogP contribution < -0.4 is 5.32 Å². The van der Waals surface area contributed by atoms with Gasteiger partial charge in [0.25, 0.3) is 0 Å². The number of carbonyl (C=O) groups is 1. The molecule has 1 saturated heterocycles. The van der Waals surface area contributed by atoms with Gasteiger partial charge in [-0.15, -0.1) is 3.89 Å². The molecule has 1 amide bonds. The van der Waals surface area contributed by atoms with Crippen LogP contribution in [0, 0.1) is 5.92 Å². The van der Waals surface area contributed by atoms with Gasteiger partial charge in [-0.25, -0.2) is 18.7 Å². The number of rotatable bonds is 6. The number of ether oxygens (including phenoxy) is 2. The van der Waals surface area contributed by atoms with Crippen molar-refractivity contribution in [3.8, 4) is 0 Å². The third-order valence-electron chi connectivity index (χ3n) is 5.77. The molecule has 3 heterocycles. The standard InChI is InChI=1S/C21H30FN5O3S.C2H6/c1-21(2,3)30-20(28)26-7-5-6-14(9-26)25-18-17-16(15-8-13(15)11-29-4)10-27(31-22)19(17)24-12-23-18;1-2/h10,12-15H,5-9,11H2,1-4H3,(H,23,24,25);1-2H3. The highest BCUT2D eigenvalue weighted by atomic mass is 32.2. The lowest BCUT2D eigenvalue weighted by atomic mass is 10.1. The Labute approximate surface area is 200 Å². The lowest BCUT2D eigenvalue weighted by Gasteiger charge is -2.34. The minimum absolute atomic E-state index is 0.0302. The number of amides is 1. The first-order valence-electron chi connectivity index (χ1n) is 11.7. The smallest absolute Gasteiger partial charge is 0.410 e. The number of halogens is 1. The highest BCUT2D eigenvalue weighted by Crippen LogP contribution is 2.51. The van der Waals surface area contributed by atoms with Crippen molar-refractivity contribution >= 4 is 35.3 Å². The second-order valence-corrected chi connectivity index (χ2v) is 9.90. The van der Waals surface area contributed by atoms with Crippen LogP contribution in [-0.4, -0.2) is 63.4 Å². The van der Waals surface area contributed by atoms with Gasteiger partial charge in [0.2, 0.25) is 0 Å². The van der Waals surface area contributed by atoms with Crippen LogP contribution in [0.15, 0.2) is 12.5 Å². The first kappa shape index (κ1) is 25.6. The van der Waals surface area contributed by atoms with E-state index in [-0.39, 0.29) is 24.5 Å². The molecule has 184 valence electrons. The van der Waals surface area contributed by atoms with Crippen molar-refractivity contribution in [2.45, 2.75) is 71.4 Å². The minimum atomic E-state index is -0.527. The van der Waals surface area contributed by atoms with E-state index in [2.05, 4.69) is 15.3 Å². The largest absolute Gasteiger partial charge is 0.444 e. The van der Waals surface area contributed by atoms with Crippen LogP contribution in [0.5, 0.6) is 0 Å². The molecule has 3 atom stereocenters. The molecule has 1 aliphatic carbocycles. The lowest BCUT2D eigenvalue weighted by molar-refractivity contribution is 0.0206. The van der Waals surface area contributed by atoms with Gasteiger partial charge in [0, 0.05) is 39.0 Å². The van der Waals surface area contributed by atoms with Crippen LogP contribution in [0.4, 0.5) is 14.5 Å². The van der Waals surface area contributed by atoms with Crippen LogP contribution in [0.3, 0.4) is 0 Å². The van der Waals surface area contributed by atoms with Gasteiger partial charge in [-0.3, -0.25) is 0 Å². The molecule has 33 heavy (non-hydrogen) atoms. The Morgan fingerprint density at radius 3 is 2.76 bits per heavy atom. The van der Waals surface area contributed by atoms with E-state index in [0.717, 1.165) is 30.2 Å². The van der Waals surface area contributed by atoms with Gasteiger partial charge >= 0.3 is 6.09 Å². The summed E-state index contributed by atoms with van der Waals surface area (Å²) in [7, 11) is 1.70. The normalized spacial score (nSPS) is 22.5. The summed E-state index contributed by atoms with van der Waals surface area (Å²) in [5, 5.41) is 4.35. The molecular formula is C23H36FN5O3S. The quantitative estimate of drug-likeness (QED) is 0.592. The zero-order valence-electron chi connectivity index (χ0n) is 20.4. The molecule has 1 aliphatic heterocycles. The monoisotopic (exact) mass is 481 g/mol. The molecule has 0 bridgehead atoms. The molecule has 8 nitrogen and oxygen atoms in total. The number of hydrogen-bond donors (Lipinski definition) is 1. The van der Waals surface area contributed by atoms with Crippen molar-refractivity contribution in [1.82, 2.24) is 18.8 Å². The molecule has 0 radical (unpaired) electrons. The van der Waals surface area contributed by atoms with Crippen LogP contribution in [0.25, 0.3) is 11.0 Å². The van der Waals surface area contributed by atoms with Crippen molar-refractivity contribution < 1.29 is 18.2 Å². The number of carbonyl (C=O) groups excluding carboxylic acids is 1. The number of methoxy groups -OCH3 is 1. The summed E-state index contributed by atoms with van der Waals surface area (Å²) in [5.74, 6) is 1.43. The van der Waals surface area contributed by atoms with E-state index in [1.807, 2.05) is 40.8 Å². The molecular weight excluding hydrogens is 445 g/mol. The molecule has 2 aromatic rings. The predicted molar refractivity (Wildman–Crippen MR) is 130 cm³/mol. The zero-order chi connectivity index (χ0) is 24.2. The van der Waals surface area contributed by atoms with Gasteiger partial charge in [0.05, 0.1) is 5.39 Å². The molecule has 3 unspecified atom stereocenters. The van der Waals surface area contributed by atoms with Gasteiger partial charge in [-0.2, -0.15) is 0 Å². The maximum Gasteiger partial charge on any atom is 0.410 e. The Balaban J connectivity index is 0.00000149. The topological polar surface area (TPSA) is 81.5 Å². The Hall–Kier alpha value is -2.07. The summed E-state index contributed by atoms with van der Waals surface area (Å²) in [4.78, 5) is 23.1. The molecule has 2 aromatic heterocycles. The fraction of sp³-hybridized carbons (Fsp3) is 0.696. The summed E-state index contributed by atoms with van der Waals surface area (Å²) >= 11 is 0.141. The second-order valence-electron chi connectivity index (χ2n) is 9.37. The fourth-order valence-corrected chi connectivity index (χ4v) is 4.67. The van der Waals surface area contributed by atoms with E-state index in [4.69, 9.17) is 9.47 Å². The van der Waals surface area contributed by atoms with Gasteiger partial charge in [0.1, 0.15) is 17.7 Å². The van der Waals surface area contributed by atoms with Crippen LogP contribution in [-0.2, 0) is 9.47 Å². The van der Waals surface area contributed by atoms with E-state index in [1.165, 1.54) is 10.3 Å². The maximum atomic E-state index is 13.6. The zero-order valence-corrected chi connectivity index (χ0v) is 21.2. The summed E-state index contributed by atoms with van der Waals surface area (Å²) in [6, 6.07) is 0.0302. The van der Waals surface area contributed by atoms with E-state index in [9.17, 15) is 8.68 Å². The number of likely N-dealkylation sites (tertiary alicyclic amines) is 1. The number of aromatic nitrogens is 3. The Morgan fingerprint density at radius 2 is 2.09 bits per heavy atom. The first-order valence-corrected chi connectivity index (χ1v) is 12.4. The number of nitrogens with zero attached hydrogens (tertiary/aromatic N) is 4. The maximum absolute atomic E-state index is 13.6. The number of fused-ring (bicyclic) bond motifs is 1. The molecule has 4 rings (SSSR count). The first-order chi connectivity index (χ1) is 15.8. The SMILES string of the molecule is CC.COCC1CC1c1cn(SF)c2ncnc(NC3CCCN(C(=O)OC(C)(C)C)C3)c12. The summed E-state index contributed by atoms with van der Waals surface area (Å²) in [6.45, 7) is 11.5. The van der Waals surface area contributed by atoms with E-state index < -0.39 is 5.60 Å². The fourth-order valence-electron chi connectivity index (χ4n) is 4.31. The van der Waals surface area contributed by atoms with Gasteiger partial charge in [-0.05, 0) is 57.4 Å². The lowest BCUT2D eigenvalue weighted by Crippen LogP contribution is -2.47. The molecule has 10 heteroatoms. The third-order valence-corrected chi connectivity index (χ3v) is 6.20. The summed E-state index contributed by atoms with van der Waals surface area (Å²) < 4.78 is 25.9. The van der Waals surface area contributed by atoms with Gasteiger partial charge < -0.3 is 19.7 Å².